The zero-order chi connectivity index (χ0) is 16.7. The molecule has 0 saturated carbocycles. The molecule has 0 unspecified atom stereocenters. The molecule has 1 aliphatic rings. The van der Waals surface area contributed by atoms with Crippen LogP contribution in [0.15, 0.2) is 51.9 Å². The van der Waals surface area contributed by atoms with Gasteiger partial charge in [-0.3, -0.25) is 9.78 Å². The maximum atomic E-state index is 12.7. The third-order valence-electron chi connectivity index (χ3n) is 4.21. The number of fused-ring (bicyclic) bond motifs is 2. The highest BCUT2D eigenvalue weighted by atomic mass is 16.4. The zero-order valence-corrected chi connectivity index (χ0v) is 12.7. The van der Waals surface area contributed by atoms with Crippen molar-refractivity contribution < 1.29 is 14.3 Å². The van der Waals surface area contributed by atoms with Crippen molar-refractivity contribution in [2.75, 3.05) is 0 Å². The van der Waals surface area contributed by atoms with Gasteiger partial charge in [0.2, 0.25) is 0 Å². The van der Waals surface area contributed by atoms with Gasteiger partial charge >= 0.3 is 5.97 Å². The minimum absolute atomic E-state index is 0.0836. The van der Waals surface area contributed by atoms with E-state index in [1.54, 1.807) is 18.5 Å². The van der Waals surface area contributed by atoms with Crippen molar-refractivity contribution in [3.8, 4) is 0 Å². The summed E-state index contributed by atoms with van der Waals surface area (Å²) in [5.74, 6) is -0.456. The molecule has 0 amide bonds. The van der Waals surface area contributed by atoms with Gasteiger partial charge in [-0.05, 0) is 60.4 Å². The molecule has 5 heteroatoms. The Morgan fingerprint density at radius 1 is 1.17 bits per heavy atom. The van der Waals surface area contributed by atoms with E-state index in [2.05, 4.69) is 4.98 Å². The van der Waals surface area contributed by atoms with E-state index in [4.69, 9.17) is 9.52 Å². The lowest BCUT2D eigenvalue weighted by Crippen LogP contribution is -2.09. The summed E-state index contributed by atoms with van der Waals surface area (Å²) < 4.78 is 5.93. The zero-order valence-electron chi connectivity index (χ0n) is 12.7. The van der Waals surface area contributed by atoms with E-state index in [0.717, 1.165) is 17.6 Å². The molecular formula is C19H13NO4. The van der Waals surface area contributed by atoms with Crippen molar-refractivity contribution in [3.05, 3.63) is 75.4 Å². The fourth-order valence-electron chi connectivity index (χ4n) is 3.02. The van der Waals surface area contributed by atoms with Crippen molar-refractivity contribution in [1.82, 2.24) is 4.98 Å². The molecule has 0 bridgehead atoms. The molecule has 5 nitrogen and oxygen atoms in total. The number of allylic oxidation sites excluding steroid dienone is 1. The lowest BCUT2D eigenvalue weighted by molar-refractivity contribution is 0.0697. The number of aromatic carboxylic acids is 1. The van der Waals surface area contributed by atoms with Gasteiger partial charge in [-0.15, -0.1) is 0 Å². The van der Waals surface area contributed by atoms with E-state index in [1.165, 1.54) is 12.1 Å². The van der Waals surface area contributed by atoms with Crippen LogP contribution in [0, 0.1) is 0 Å². The fraction of sp³-hybridized carbons (Fsp3) is 0.105. The first-order valence-electron chi connectivity index (χ1n) is 7.57. The van der Waals surface area contributed by atoms with E-state index < -0.39 is 5.97 Å². The number of benzene rings is 1. The molecule has 0 fully saturated rings. The van der Waals surface area contributed by atoms with Crippen LogP contribution in [-0.4, -0.2) is 16.1 Å². The molecule has 0 spiro atoms. The van der Waals surface area contributed by atoms with Gasteiger partial charge in [-0.1, -0.05) is 0 Å². The predicted molar refractivity (Wildman–Crippen MR) is 89.9 cm³/mol. The van der Waals surface area contributed by atoms with Crippen LogP contribution in [0.5, 0.6) is 0 Å². The minimum Gasteiger partial charge on any atom is -0.478 e. The maximum Gasteiger partial charge on any atom is 0.335 e. The van der Waals surface area contributed by atoms with Crippen LogP contribution in [0.25, 0.3) is 22.6 Å². The average Bonchev–Trinajstić information content (AvgIpc) is 2.99. The highest BCUT2D eigenvalue weighted by Crippen LogP contribution is 2.34. The summed E-state index contributed by atoms with van der Waals surface area (Å²) in [5.41, 5.74) is 2.93. The van der Waals surface area contributed by atoms with E-state index in [-0.39, 0.29) is 11.0 Å². The lowest BCUT2D eigenvalue weighted by Gasteiger charge is -2.05. The lowest BCUT2D eigenvalue weighted by atomic mass is 10.1. The number of nitrogens with zero attached hydrogens (tertiary/aromatic N) is 1. The van der Waals surface area contributed by atoms with Crippen LogP contribution in [0.2, 0.25) is 0 Å². The van der Waals surface area contributed by atoms with Gasteiger partial charge in [-0.25, -0.2) is 4.79 Å². The third-order valence-corrected chi connectivity index (χ3v) is 4.21. The summed E-state index contributed by atoms with van der Waals surface area (Å²) in [5, 5.41) is 9.41. The summed E-state index contributed by atoms with van der Waals surface area (Å²) in [4.78, 5) is 27.8. The van der Waals surface area contributed by atoms with E-state index in [0.29, 0.717) is 28.7 Å². The van der Waals surface area contributed by atoms with Gasteiger partial charge in [0.15, 0.2) is 5.43 Å². The number of aromatic nitrogens is 1. The second-order valence-corrected chi connectivity index (χ2v) is 5.71. The first-order valence-corrected chi connectivity index (χ1v) is 7.57. The van der Waals surface area contributed by atoms with E-state index >= 15 is 0 Å². The van der Waals surface area contributed by atoms with Crippen LogP contribution < -0.4 is 5.43 Å². The van der Waals surface area contributed by atoms with Gasteiger partial charge in [-0.2, -0.15) is 0 Å². The Balaban J connectivity index is 1.90. The van der Waals surface area contributed by atoms with Gasteiger partial charge in [0.05, 0.1) is 10.9 Å². The number of carboxylic acids is 1. The van der Waals surface area contributed by atoms with Gasteiger partial charge in [0, 0.05) is 18.0 Å². The molecule has 1 aliphatic carbocycles. The topological polar surface area (TPSA) is 80.4 Å². The summed E-state index contributed by atoms with van der Waals surface area (Å²) in [7, 11) is 0. The second-order valence-electron chi connectivity index (χ2n) is 5.71. The maximum absolute atomic E-state index is 12.7. The smallest absolute Gasteiger partial charge is 0.335 e. The standard InChI is InChI=1S/C19H13NO4/c21-17-14-3-1-12(9-11-5-7-20-8-6-11)18(14)24-16-4-2-13(19(22)23)10-15(16)17/h2,4-10H,1,3H2,(H,22,23)/b12-9+. The Morgan fingerprint density at radius 3 is 2.71 bits per heavy atom. The summed E-state index contributed by atoms with van der Waals surface area (Å²) in [6.07, 6.45) is 6.74. The van der Waals surface area contributed by atoms with Crippen molar-refractivity contribution in [1.29, 1.82) is 0 Å². The number of hydrogen-bond donors (Lipinski definition) is 1. The summed E-state index contributed by atoms with van der Waals surface area (Å²) in [6, 6.07) is 8.16. The summed E-state index contributed by atoms with van der Waals surface area (Å²) >= 11 is 0. The Bertz CT molecular complexity index is 1050. The quantitative estimate of drug-likeness (QED) is 0.783. The normalized spacial score (nSPS) is 14.9. The molecule has 0 aliphatic heterocycles. The molecular weight excluding hydrogens is 306 g/mol. The number of carboxylic acid groups (broad SMARTS) is 1. The Morgan fingerprint density at radius 2 is 1.96 bits per heavy atom. The largest absolute Gasteiger partial charge is 0.478 e. The van der Waals surface area contributed by atoms with Crippen molar-refractivity contribution in [2.45, 2.75) is 12.8 Å². The van der Waals surface area contributed by atoms with Crippen molar-refractivity contribution >= 4 is 28.6 Å². The van der Waals surface area contributed by atoms with Crippen LogP contribution >= 0.6 is 0 Å². The molecule has 0 atom stereocenters. The molecule has 1 aromatic carbocycles. The molecule has 0 radical (unpaired) electrons. The molecule has 3 aromatic rings. The number of hydrogen-bond acceptors (Lipinski definition) is 4. The predicted octanol–water partition coefficient (Wildman–Crippen LogP) is 3.37. The Kier molecular flexibility index (Phi) is 3.27. The van der Waals surface area contributed by atoms with E-state index in [1.807, 2.05) is 18.2 Å². The molecule has 24 heavy (non-hydrogen) atoms. The van der Waals surface area contributed by atoms with Gasteiger partial charge in [0.1, 0.15) is 11.3 Å². The molecule has 4 rings (SSSR count). The van der Waals surface area contributed by atoms with Crippen LogP contribution in [0.4, 0.5) is 0 Å². The van der Waals surface area contributed by atoms with Crippen LogP contribution in [0.1, 0.15) is 33.7 Å². The molecule has 118 valence electrons. The molecule has 0 saturated heterocycles. The SMILES string of the molecule is O=C(O)c1ccc2oc3c(c(=O)c2c1)CC/C3=C\c1ccncc1. The monoisotopic (exact) mass is 319 g/mol. The highest BCUT2D eigenvalue weighted by Gasteiger charge is 2.24. The third kappa shape index (κ3) is 2.31. The Hall–Kier alpha value is -3.21. The van der Waals surface area contributed by atoms with Crippen molar-refractivity contribution in [3.63, 3.8) is 0 Å². The number of pyridine rings is 1. The molecule has 2 aromatic heterocycles. The number of carbonyl (C=O) groups is 1. The first-order chi connectivity index (χ1) is 11.6. The average molecular weight is 319 g/mol. The second kappa shape index (κ2) is 5.45. The Labute approximate surface area is 136 Å². The summed E-state index contributed by atoms with van der Waals surface area (Å²) in [6.45, 7) is 0. The highest BCUT2D eigenvalue weighted by molar-refractivity contribution is 5.94. The number of rotatable bonds is 2. The molecule has 1 N–H and O–H groups in total. The van der Waals surface area contributed by atoms with Gasteiger partial charge < -0.3 is 9.52 Å². The first kappa shape index (κ1) is 14.4. The van der Waals surface area contributed by atoms with Crippen molar-refractivity contribution in [2.24, 2.45) is 0 Å². The van der Waals surface area contributed by atoms with Gasteiger partial charge in [0.25, 0.3) is 0 Å². The van der Waals surface area contributed by atoms with E-state index in [9.17, 15) is 9.59 Å². The van der Waals surface area contributed by atoms with Crippen LogP contribution in [-0.2, 0) is 6.42 Å². The minimum atomic E-state index is -1.06. The molecule has 2 heterocycles. The van der Waals surface area contributed by atoms with Crippen LogP contribution in [0.3, 0.4) is 0 Å². The fourth-order valence-corrected chi connectivity index (χ4v) is 3.02.